The number of hydrogen-bond acceptors (Lipinski definition) is 3. The number of imidazole rings is 1. The fraction of sp³-hybridized carbons (Fsp3) is 0.333. The summed E-state index contributed by atoms with van der Waals surface area (Å²) in [5.41, 5.74) is 7.63. The Hall–Kier alpha value is -1.13. The quantitative estimate of drug-likeness (QED) is 0.769. The average Bonchev–Trinajstić information content (AvgIpc) is 2.77. The summed E-state index contributed by atoms with van der Waals surface area (Å²) in [6.45, 7) is 0. The molecule has 2 heterocycles. The Morgan fingerprint density at radius 2 is 2.21 bits per heavy atom. The molecule has 5 heteroatoms. The van der Waals surface area contributed by atoms with Gasteiger partial charge in [-0.15, -0.1) is 0 Å². The van der Waals surface area contributed by atoms with Crippen LogP contribution in [-0.2, 0) is 5.54 Å². The summed E-state index contributed by atoms with van der Waals surface area (Å²) < 4.78 is 1.87. The van der Waals surface area contributed by atoms with Crippen LogP contribution in [-0.4, -0.2) is 14.4 Å². The molecule has 1 aliphatic carbocycles. The monoisotopic (exact) mass is 208 g/mol. The fourth-order valence-corrected chi connectivity index (χ4v) is 1.83. The summed E-state index contributed by atoms with van der Waals surface area (Å²) in [6, 6.07) is 0. The van der Waals surface area contributed by atoms with Gasteiger partial charge in [-0.1, -0.05) is 11.6 Å². The molecule has 2 aromatic rings. The van der Waals surface area contributed by atoms with Gasteiger partial charge in [0, 0.05) is 0 Å². The van der Waals surface area contributed by atoms with Crippen LogP contribution < -0.4 is 5.73 Å². The maximum Gasteiger partial charge on any atom is 0.158 e. The lowest BCUT2D eigenvalue weighted by molar-refractivity contribution is 0.695. The Labute approximate surface area is 85.7 Å². The number of hydrogen-bond donors (Lipinski definition) is 1. The van der Waals surface area contributed by atoms with E-state index in [0.717, 1.165) is 24.2 Å². The van der Waals surface area contributed by atoms with Gasteiger partial charge < -0.3 is 5.73 Å². The molecule has 0 spiro atoms. The molecular weight excluding hydrogens is 200 g/mol. The predicted octanol–water partition coefficient (Wildman–Crippen LogP) is 1.33. The first-order valence-electron chi connectivity index (χ1n) is 4.47. The van der Waals surface area contributed by atoms with E-state index in [9.17, 15) is 0 Å². The standard InChI is InChI=1S/C9H9ClN4/c10-6-3-12-5-14-7(4-13-8(6)14)9(11)1-2-9/h3-5H,1-2,11H2. The van der Waals surface area contributed by atoms with Gasteiger partial charge >= 0.3 is 0 Å². The normalized spacial score (nSPS) is 18.7. The fourth-order valence-electron chi connectivity index (χ4n) is 1.64. The number of halogens is 1. The van der Waals surface area contributed by atoms with Crippen molar-refractivity contribution in [2.24, 2.45) is 5.73 Å². The topological polar surface area (TPSA) is 56.2 Å². The number of rotatable bonds is 1. The number of nitrogens with two attached hydrogens (primary N) is 1. The van der Waals surface area contributed by atoms with Gasteiger partial charge in [-0.2, -0.15) is 0 Å². The number of aromatic nitrogens is 3. The molecule has 0 bridgehead atoms. The minimum atomic E-state index is -0.203. The molecule has 0 saturated heterocycles. The summed E-state index contributed by atoms with van der Waals surface area (Å²) in [6.07, 6.45) is 7.09. The minimum absolute atomic E-state index is 0.203. The van der Waals surface area contributed by atoms with Crippen molar-refractivity contribution in [3.8, 4) is 0 Å². The zero-order valence-electron chi connectivity index (χ0n) is 7.44. The highest BCUT2D eigenvalue weighted by atomic mass is 35.5. The molecule has 0 aliphatic heterocycles. The summed E-state index contributed by atoms with van der Waals surface area (Å²) in [7, 11) is 0. The van der Waals surface area contributed by atoms with E-state index < -0.39 is 0 Å². The molecule has 0 atom stereocenters. The molecule has 2 N–H and O–H groups in total. The highest BCUT2D eigenvalue weighted by Gasteiger charge is 2.42. The molecule has 14 heavy (non-hydrogen) atoms. The van der Waals surface area contributed by atoms with Crippen LogP contribution in [0.25, 0.3) is 5.65 Å². The van der Waals surface area contributed by atoms with E-state index in [4.69, 9.17) is 17.3 Å². The van der Waals surface area contributed by atoms with Gasteiger partial charge in [-0.05, 0) is 12.8 Å². The van der Waals surface area contributed by atoms with Crippen molar-refractivity contribution < 1.29 is 0 Å². The maximum absolute atomic E-state index is 6.10. The van der Waals surface area contributed by atoms with Gasteiger partial charge in [0.05, 0.1) is 23.6 Å². The van der Waals surface area contributed by atoms with Crippen molar-refractivity contribution in [1.82, 2.24) is 14.4 Å². The lowest BCUT2D eigenvalue weighted by atomic mass is 10.2. The second kappa shape index (κ2) is 2.46. The molecule has 4 nitrogen and oxygen atoms in total. The Kier molecular flexibility index (Phi) is 1.44. The Balaban J connectivity index is 2.32. The van der Waals surface area contributed by atoms with Crippen molar-refractivity contribution in [2.45, 2.75) is 18.4 Å². The van der Waals surface area contributed by atoms with Crippen LogP contribution in [0.3, 0.4) is 0 Å². The molecule has 1 aliphatic rings. The van der Waals surface area contributed by atoms with E-state index in [1.807, 2.05) is 4.40 Å². The predicted molar refractivity (Wildman–Crippen MR) is 53.1 cm³/mol. The number of fused-ring (bicyclic) bond motifs is 1. The molecule has 0 radical (unpaired) electrons. The van der Waals surface area contributed by atoms with Crippen molar-refractivity contribution >= 4 is 17.2 Å². The van der Waals surface area contributed by atoms with E-state index in [-0.39, 0.29) is 5.54 Å². The second-order valence-corrected chi connectivity index (χ2v) is 4.14. The number of nitrogens with zero attached hydrogens (tertiary/aromatic N) is 3. The van der Waals surface area contributed by atoms with Gasteiger partial charge in [-0.25, -0.2) is 9.97 Å². The molecule has 1 fully saturated rings. The summed E-state index contributed by atoms with van der Waals surface area (Å²) in [5.74, 6) is 0. The van der Waals surface area contributed by atoms with E-state index in [1.54, 1.807) is 18.7 Å². The van der Waals surface area contributed by atoms with Crippen LogP contribution in [0.15, 0.2) is 18.7 Å². The summed E-state index contributed by atoms with van der Waals surface area (Å²) in [4.78, 5) is 8.26. The highest BCUT2D eigenvalue weighted by molar-refractivity contribution is 6.33. The Bertz CT molecular complexity index is 500. The lowest BCUT2D eigenvalue weighted by Gasteiger charge is -2.07. The molecular formula is C9H9ClN4. The van der Waals surface area contributed by atoms with Crippen molar-refractivity contribution in [3.05, 3.63) is 29.4 Å². The molecule has 0 unspecified atom stereocenters. The zero-order valence-corrected chi connectivity index (χ0v) is 8.20. The van der Waals surface area contributed by atoms with Crippen LogP contribution in [0, 0.1) is 0 Å². The van der Waals surface area contributed by atoms with Crippen molar-refractivity contribution in [3.63, 3.8) is 0 Å². The van der Waals surface area contributed by atoms with Crippen molar-refractivity contribution in [1.29, 1.82) is 0 Å². The summed E-state index contributed by atoms with van der Waals surface area (Å²) in [5, 5.41) is 0.558. The van der Waals surface area contributed by atoms with E-state index in [0.29, 0.717) is 5.02 Å². The highest BCUT2D eigenvalue weighted by Crippen LogP contribution is 2.42. The van der Waals surface area contributed by atoms with E-state index in [1.165, 1.54) is 0 Å². The van der Waals surface area contributed by atoms with Gasteiger partial charge in [0.2, 0.25) is 0 Å². The van der Waals surface area contributed by atoms with Crippen LogP contribution >= 0.6 is 11.6 Å². The van der Waals surface area contributed by atoms with Crippen molar-refractivity contribution in [2.75, 3.05) is 0 Å². The van der Waals surface area contributed by atoms with Gasteiger partial charge in [-0.3, -0.25) is 4.40 Å². The maximum atomic E-state index is 6.10. The third kappa shape index (κ3) is 0.980. The van der Waals surface area contributed by atoms with Gasteiger partial charge in [0.25, 0.3) is 0 Å². The SMILES string of the molecule is NC1(c2cnc3c(Cl)cncn23)CC1. The van der Waals surface area contributed by atoms with Gasteiger partial charge in [0.15, 0.2) is 5.65 Å². The summed E-state index contributed by atoms with van der Waals surface area (Å²) >= 11 is 5.95. The van der Waals surface area contributed by atoms with Crippen LogP contribution in [0.5, 0.6) is 0 Å². The first kappa shape index (κ1) is 8.20. The molecule has 3 rings (SSSR count). The molecule has 2 aromatic heterocycles. The second-order valence-electron chi connectivity index (χ2n) is 3.73. The van der Waals surface area contributed by atoms with Crippen LogP contribution in [0.1, 0.15) is 18.5 Å². The van der Waals surface area contributed by atoms with Crippen LogP contribution in [0.4, 0.5) is 0 Å². The zero-order chi connectivity index (χ0) is 9.76. The van der Waals surface area contributed by atoms with E-state index in [2.05, 4.69) is 9.97 Å². The first-order valence-corrected chi connectivity index (χ1v) is 4.84. The third-order valence-corrected chi connectivity index (χ3v) is 2.95. The molecule has 0 aromatic carbocycles. The largest absolute Gasteiger partial charge is 0.320 e. The molecule has 72 valence electrons. The molecule has 0 amide bonds. The first-order chi connectivity index (χ1) is 6.71. The minimum Gasteiger partial charge on any atom is -0.320 e. The van der Waals surface area contributed by atoms with Crippen LogP contribution in [0.2, 0.25) is 5.02 Å². The van der Waals surface area contributed by atoms with Gasteiger partial charge in [0.1, 0.15) is 11.3 Å². The average molecular weight is 209 g/mol. The Morgan fingerprint density at radius 3 is 2.93 bits per heavy atom. The molecule has 1 saturated carbocycles. The Morgan fingerprint density at radius 1 is 1.43 bits per heavy atom. The lowest BCUT2D eigenvalue weighted by Crippen LogP contribution is -2.20. The third-order valence-electron chi connectivity index (χ3n) is 2.68. The van der Waals surface area contributed by atoms with E-state index >= 15 is 0 Å². The smallest absolute Gasteiger partial charge is 0.158 e.